The molecule has 2 N–H and O–H groups in total. The number of anilines is 1. The van der Waals surface area contributed by atoms with Gasteiger partial charge in [-0.25, -0.2) is 4.98 Å². The summed E-state index contributed by atoms with van der Waals surface area (Å²) in [6.07, 6.45) is 0. The minimum atomic E-state index is -0.491. The molecule has 0 aliphatic heterocycles. The van der Waals surface area contributed by atoms with E-state index in [-0.39, 0.29) is 18.3 Å². The minimum absolute atomic E-state index is 0.0773. The molecule has 7 nitrogen and oxygen atoms in total. The Kier molecular flexibility index (Phi) is 6.62. The zero-order chi connectivity index (χ0) is 19.9. The topological polar surface area (TPSA) is 97.4 Å². The van der Waals surface area contributed by atoms with Gasteiger partial charge in [0.2, 0.25) is 0 Å². The fourth-order valence-electron chi connectivity index (χ4n) is 2.27. The van der Waals surface area contributed by atoms with Gasteiger partial charge in [0.05, 0.1) is 16.0 Å². The monoisotopic (exact) mass is 415 g/mol. The third-order valence-electron chi connectivity index (χ3n) is 3.61. The van der Waals surface area contributed by atoms with Gasteiger partial charge in [-0.15, -0.1) is 11.3 Å². The van der Waals surface area contributed by atoms with E-state index in [9.17, 15) is 14.4 Å². The summed E-state index contributed by atoms with van der Waals surface area (Å²) in [7, 11) is 1.54. The third-order valence-corrected chi connectivity index (χ3v) is 5.76. The summed E-state index contributed by atoms with van der Waals surface area (Å²) < 4.78 is 6.82. The minimum Gasteiger partial charge on any atom is -0.455 e. The molecule has 0 fully saturated rings. The van der Waals surface area contributed by atoms with Crippen molar-refractivity contribution >= 4 is 56.8 Å². The Morgan fingerprint density at radius 1 is 1.11 bits per heavy atom. The first-order chi connectivity index (χ1) is 13.5. The summed E-state index contributed by atoms with van der Waals surface area (Å²) in [5, 5.41) is 5.12. The van der Waals surface area contributed by atoms with Crippen LogP contribution in [-0.4, -0.2) is 42.2 Å². The van der Waals surface area contributed by atoms with Crippen molar-refractivity contribution in [2.75, 3.05) is 24.7 Å². The molecule has 2 aromatic carbocycles. The van der Waals surface area contributed by atoms with Crippen molar-refractivity contribution in [1.29, 1.82) is 0 Å². The number of hydrogen-bond donors (Lipinski definition) is 2. The summed E-state index contributed by atoms with van der Waals surface area (Å²) in [6, 6.07) is 14.1. The van der Waals surface area contributed by atoms with Crippen LogP contribution in [0.1, 0.15) is 10.4 Å². The van der Waals surface area contributed by atoms with E-state index in [4.69, 9.17) is 4.74 Å². The van der Waals surface area contributed by atoms with Gasteiger partial charge >= 0.3 is 5.97 Å². The van der Waals surface area contributed by atoms with Crippen LogP contribution < -0.4 is 10.6 Å². The molecule has 0 atom stereocenters. The highest BCUT2D eigenvalue weighted by molar-refractivity contribution is 8.01. The molecular formula is C19H17N3O4S2. The molecular weight excluding hydrogens is 398 g/mol. The number of ether oxygens (including phenoxy) is 1. The molecule has 0 unspecified atom stereocenters. The van der Waals surface area contributed by atoms with Crippen molar-refractivity contribution in [3.05, 3.63) is 54.1 Å². The van der Waals surface area contributed by atoms with Crippen LogP contribution in [0.25, 0.3) is 10.2 Å². The number of esters is 1. The van der Waals surface area contributed by atoms with Gasteiger partial charge < -0.3 is 15.4 Å². The number of benzene rings is 2. The zero-order valence-corrected chi connectivity index (χ0v) is 16.6. The first kappa shape index (κ1) is 19.8. The average Bonchev–Trinajstić information content (AvgIpc) is 3.13. The number of aromatic nitrogens is 1. The zero-order valence-electron chi connectivity index (χ0n) is 14.9. The van der Waals surface area contributed by atoms with Crippen LogP contribution in [0.5, 0.6) is 0 Å². The van der Waals surface area contributed by atoms with Crippen molar-refractivity contribution < 1.29 is 19.1 Å². The number of hydrogen-bond acceptors (Lipinski definition) is 7. The van der Waals surface area contributed by atoms with E-state index in [2.05, 4.69) is 15.6 Å². The lowest BCUT2D eigenvalue weighted by Gasteiger charge is -2.07. The van der Waals surface area contributed by atoms with Crippen LogP contribution >= 0.6 is 23.1 Å². The van der Waals surface area contributed by atoms with E-state index < -0.39 is 11.9 Å². The van der Waals surface area contributed by atoms with Gasteiger partial charge in [-0.2, -0.15) is 0 Å². The molecule has 1 aromatic heterocycles. The van der Waals surface area contributed by atoms with Crippen molar-refractivity contribution in [3.8, 4) is 0 Å². The summed E-state index contributed by atoms with van der Waals surface area (Å²) in [6.45, 7) is -0.379. The predicted octanol–water partition coefficient (Wildman–Crippen LogP) is 2.93. The molecule has 3 aromatic rings. The molecule has 9 heteroatoms. The van der Waals surface area contributed by atoms with Crippen molar-refractivity contribution in [1.82, 2.24) is 10.3 Å². The maximum Gasteiger partial charge on any atom is 0.316 e. The lowest BCUT2D eigenvalue weighted by Crippen LogP contribution is -2.22. The second kappa shape index (κ2) is 9.34. The third kappa shape index (κ3) is 5.30. The Balaban J connectivity index is 1.42. The molecule has 0 aliphatic rings. The number of carbonyl (C=O) groups is 3. The number of carbonyl (C=O) groups excluding carboxylic acids is 3. The molecule has 0 saturated heterocycles. The predicted molar refractivity (Wildman–Crippen MR) is 110 cm³/mol. The Hall–Kier alpha value is -2.91. The van der Waals surface area contributed by atoms with Crippen LogP contribution in [0.15, 0.2) is 52.9 Å². The molecule has 28 heavy (non-hydrogen) atoms. The Morgan fingerprint density at radius 2 is 1.86 bits per heavy atom. The lowest BCUT2D eigenvalue weighted by molar-refractivity contribution is -0.144. The SMILES string of the molecule is CNC(=O)c1ccc(NC(=O)COC(=O)CSc2nc3ccccc3s2)cc1. The first-order valence-corrected chi connectivity index (χ1v) is 10.1. The maximum absolute atomic E-state index is 11.9. The summed E-state index contributed by atoms with van der Waals surface area (Å²) in [5.41, 5.74) is 1.89. The molecule has 3 rings (SSSR count). The van der Waals surface area contributed by atoms with E-state index in [0.717, 1.165) is 14.6 Å². The fraction of sp³-hybridized carbons (Fsp3) is 0.158. The van der Waals surface area contributed by atoms with Crippen LogP contribution in [0.3, 0.4) is 0 Å². The highest BCUT2D eigenvalue weighted by Gasteiger charge is 2.11. The van der Waals surface area contributed by atoms with E-state index in [0.29, 0.717) is 11.3 Å². The lowest BCUT2D eigenvalue weighted by atomic mass is 10.2. The average molecular weight is 415 g/mol. The number of para-hydroxylation sites is 1. The van der Waals surface area contributed by atoms with Gasteiger partial charge in [-0.05, 0) is 36.4 Å². The van der Waals surface area contributed by atoms with Gasteiger partial charge in [0.15, 0.2) is 10.9 Å². The number of rotatable bonds is 7. The molecule has 0 spiro atoms. The normalized spacial score (nSPS) is 10.5. The van der Waals surface area contributed by atoms with Crippen LogP contribution in [0.4, 0.5) is 5.69 Å². The standard InChI is InChI=1S/C19H17N3O4S2/c1-20-18(25)12-6-8-13(9-7-12)21-16(23)10-26-17(24)11-27-19-22-14-4-2-3-5-15(14)28-19/h2-9H,10-11H2,1H3,(H,20,25)(H,21,23). The number of nitrogens with one attached hydrogen (secondary N) is 2. The van der Waals surface area contributed by atoms with E-state index in [1.165, 1.54) is 23.1 Å². The van der Waals surface area contributed by atoms with Crippen LogP contribution in [-0.2, 0) is 14.3 Å². The van der Waals surface area contributed by atoms with Gasteiger partial charge in [0, 0.05) is 18.3 Å². The van der Waals surface area contributed by atoms with Crippen molar-refractivity contribution in [2.24, 2.45) is 0 Å². The number of thiazole rings is 1. The summed E-state index contributed by atoms with van der Waals surface area (Å²) >= 11 is 2.79. The largest absolute Gasteiger partial charge is 0.455 e. The van der Waals surface area contributed by atoms with Crippen molar-refractivity contribution in [3.63, 3.8) is 0 Å². The second-order valence-electron chi connectivity index (χ2n) is 5.60. The van der Waals surface area contributed by atoms with Crippen LogP contribution in [0, 0.1) is 0 Å². The van der Waals surface area contributed by atoms with Gasteiger partial charge in [0.1, 0.15) is 0 Å². The summed E-state index contributed by atoms with van der Waals surface area (Å²) in [4.78, 5) is 39.7. The number of amides is 2. The second-order valence-corrected chi connectivity index (χ2v) is 7.85. The molecule has 144 valence electrons. The van der Waals surface area contributed by atoms with Gasteiger partial charge in [-0.3, -0.25) is 14.4 Å². The van der Waals surface area contributed by atoms with Crippen LogP contribution in [0.2, 0.25) is 0 Å². The molecule has 1 heterocycles. The maximum atomic E-state index is 11.9. The Labute approximate surface area is 169 Å². The highest BCUT2D eigenvalue weighted by atomic mass is 32.2. The van der Waals surface area contributed by atoms with Gasteiger partial charge in [-0.1, -0.05) is 23.9 Å². The molecule has 0 radical (unpaired) electrons. The fourth-order valence-corrected chi connectivity index (χ4v) is 4.13. The number of nitrogens with zero attached hydrogens (tertiary/aromatic N) is 1. The smallest absolute Gasteiger partial charge is 0.316 e. The highest BCUT2D eigenvalue weighted by Crippen LogP contribution is 2.29. The Morgan fingerprint density at radius 3 is 2.57 bits per heavy atom. The van der Waals surface area contributed by atoms with E-state index in [1.54, 1.807) is 31.3 Å². The number of fused-ring (bicyclic) bond motifs is 1. The van der Waals surface area contributed by atoms with Gasteiger partial charge in [0.25, 0.3) is 11.8 Å². The van der Waals surface area contributed by atoms with E-state index >= 15 is 0 Å². The van der Waals surface area contributed by atoms with E-state index in [1.807, 2.05) is 24.3 Å². The first-order valence-electron chi connectivity index (χ1n) is 8.31. The molecule has 0 aliphatic carbocycles. The molecule has 0 saturated carbocycles. The molecule has 0 bridgehead atoms. The molecule has 2 amide bonds. The van der Waals surface area contributed by atoms with Crippen molar-refractivity contribution in [2.45, 2.75) is 4.34 Å². The quantitative estimate of drug-likeness (QED) is 0.455. The Bertz CT molecular complexity index is 969. The summed E-state index contributed by atoms with van der Waals surface area (Å²) in [5.74, 6) is -1.08. The number of thioether (sulfide) groups is 1.